The summed E-state index contributed by atoms with van der Waals surface area (Å²) in [6, 6.07) is 7.66. The van der Waals surface area contributed by atoms with E-state index in [1.165, 1.54) is 0 Å². The lowest BCUT2D eigenvalue weighted by molar-refractivity contribution is -0.143. The van der Waals surface area contributed by atoms with Crippen molar-refractivity contribution in [1.29, 1.82) is 0 Å². The van der Waals surface area contributed by atoms with Crippen molar-refractivity contribution in [2.24, 2.45) is 11.8 Å². The molecular weight excluding hydrogens is 248 g/mol. The van der Waals surface area contributed by atoms with Gasteiger partial charge in [0.1, 0.15) is 0 Å². The van der Waals surface area contributed by atoms with Crippen LogP contribution in [0.25, 0.3) is 0 Å². The molecule has 2 nitrogen and oxygen atoms in total. The van der Waals surface area contributed by atoms with E-state index in [0.717, 1.165) is 31.2 Å². The van der Waals surface area contributed by atoms with E-state index in [0.29, 0.717) is 10.9 Å². The number of rotatable bonds is 3. The summed E-state index contributed by atoms with van der Waals surface area (Å²) in [5.74, 6) is -0.279. The highest BCUT2D eigenvalue weighted by molar-refractivity contribution is 6.31. The van der Waals surface area contributed by atoms with Crippen molar-refractivity contribution in [3.63, 3.8) is 0 Å². The molecule has 3 unspecified atom stereocenters. The van der Waals surface area contributed by atoms with E-state index < -0.39 is 5.97 Å². The van der Waals surface area contributed by atoms with Crippen LogP contribution < -0.4 is 0 Å². The second-order valence-corrected chi connectivity index (χ2v) is 5.57. The minimum Gasteiger partial charge on any atom is -0.481 e. The normalized spacial score (nSPS) is 28.0. The van der Waals surface area contributed by atoms with Crippen LogP contribution in [0.1, 0.15) is 44.1 Å². The molecule has 18 heavy (non-hydrogen) atoms. The molecule has 0 radical (unpaired) electrons. The number of carbonyl (C=O) groups is 1. The molecule has 0 aromatic heterocycles. The maximum Gasteiger partial charge on any atom is 0.307 e. The van der Waals surface area contributed by atoms with Crippen LogP contribution in [-0.2, 0) is 4.79 Å². The molecule has 1 aliphatic rings. The second kappa shape index (κ2) is 5.75. The predicted molar refractivity (Wildman–Crippen MR) is 73.0 cm³/mol. The lowest BCUT2D eigenvalue weighted by Gasteiger charge is -2.34. The Morgan fingerprint density at radius 1 is 1.39 bits per heavy atom. The van der Waals surface area contributed by atoms with E-state index in [1.807, 2.05) is 24.3 Å². The van der Waals surface area contributed by atoms with Crippen LogP contribution in [0.15, 0.2) is 24.3 Å². The van der Waals surface area contributed by atoms with Crippen molar-refractivity contribution < 1.29 is 9.90 Å². The van der Waals surface area contributed by atoms with Crippen LogP contribution in [-0.4, -0.2) is 11.1 Å². The average Bonchev–Trinajstić information content (AvgIpc) is 2.38. The molecule has 3 atom stereocenters. The third-order valence-corrected chi connectivity index (χ3v) is 4.50. The first-order valence-corrected chi connectivity index (χ1v) is 6.98. The molecule has 0 spiro atoms. The summed E-state index contributed by atoms with van der Waals surface area (Å²) in [5, 5.41) is 10.1. The van der Waals surface area contributed by atoms with Crippen LogP contribution in [0.5, 0.6) is 0 Å². The molecule has 3 heteroatoms. The summed E-state index contributed by atoms with van der Waals surface area (Å²) in [6.45, 7) is 2.18. The van der Waals surface area contributed by atoms with Gasteiger partial charge in [-0.25, -0.2) is 0 Å². The number of carboxylic acids is 1. The van der Waals surface area contributed by atoms with Crippen LogP contribution in [0.4, 0.5) is 0 Å². The minimum atomic E-state index is -0.686. The van der Waals surface area contributed by atoms with Gasteiger partial charge >= 0.3 is 5.97 Å². The van der Waals surface area contributed by atoms with E-state index in [9.17, 15) is 9.90 Å². The number of benzene rings is 1. The number of hydrogen-bond acceptors (Lipinski definition) is 1. The summed E-state index contributed by atoms with van der Waals surface area (Å²) < 4.78 is 0. The number of hydrogen-bond donors (Lipinski definition) is 1. The van der Waals surface area contributed by atoms with Gasteiger partial charge in [-0.3, -0.25) is 4.79 Å². The van der Waals surface area contributed by atoms with Crippen molar-refractivity contribution in [1.82, 2.24) is 0 Å². The van der Waals surface area contributed by atoms with Crippen molar-refractivity contribution in [3.05, 3.63) is 34.9 Å². The lowest BCUT2D eigenvalue weighted by Crippen LogP contribution is -2.29. The van der Waals surface area contributed by atoms with E-state index >= 15 is 0 Å². The summed E-state index contributed by atoms with van der Waals surface area (Å²) in [7, 11) is 0. The second-order valence-electron chi connectivity index (χ2n) is 5.16. The topological polar surface area (TPSA) is 37.3 Å². The Hall–Kier alpha value is -1.02. The molecule has 1 aromatic rings. The van der Waals surface area contributed by atoms with Crippen molar-refractivity contribution >= 4 is 17.6 Å². The first kappa shape index (κ1) is 13.4. The average molecular weight is 267 g/mol. The Morgan fingerprint density at radius 2 is 2.11 bits per heavy atom. The van der Waals surface area contributed by atoms with Gasteiger partial charge in [-0.05, 0) is 42.7 Å². The molecule has 0 aliphatic heterocycles. The third-order valence-electron chi connectivity index (χ3n) is 4.16. The molecule has 1 saturated carbocycles. The lowest BCUT2D eigenvalue weighted by atomic mass is 9.70. The Kier molecular flexibility index (Phi) is 4.28. The molecule has 1 N–H and O–H groups in total. The molecule has 0 heterocycles. The van der Waals surface area contributed by atoms with Crippen LogP contribution in [0, 0.1) is 11.8 Å². The van der Waals surface area contributed by atoms with Crippen molar-refractivity contribution in [2.45, 2.75) is 38.5 Å². The minimum absolute atomic E-state index is 0.0647. The molecule has 1 fully saturated rings. The van der Waals surface area contributed by atoms with Gasteiger partial charge in [0.25, 0.3) is 0 Å². The quantitative estimate of drug-likeness (QED) is 0.884. The number of carboxylic acid groups (broad SMARTS) is 1. The first-order valence-electron chi connectivity index (χ1n) is 6.60. The zero-order valence-electron chi connectivity index (χ0n) is 10.6. The smallest absolute Gasteiger partial charge is 0.307 e. The van der Waals surface area contributed by atoms with Gasteiger partial charge in [-0.15, -0.1) is 0 Å². The monoisotopic (exact) mass is 266 g/mol. The fourth-order valence-electron chi connectivity index (χ4n) is 3.04. The van der Waals surface area contributed by atoms with Gasteiger partial charge in [-0.1, -0.05) is 43.1 Å². The highest BCUT2D eigenvalue weighted by Crippen LogP contribution is 2.43. The Labute approximate surface area is 113 Å². The van der Waals surface area contributed by atoms with E-state index in [1.54, 1.807) is 0 Å². The largest absolute Gasteiger partial charge is 0.481 e. The highest BCUT2D eigenvalue weighted by Gasteiger charge is 2.36. The number of aliphatic carboxylic acids is 1. The van der Waals surface area contributed by atoms with Gasteiger partial charge < -0.3 is 5.11 Å². The molecule has 0 bridgehead atoms. The molecule has 1 aromatic carbocycles. The maximum absolute atomic E-state index is 11.4. The van der Waals surface area contributed by atoms with Crippen LogP contribution in [0.2, 0.25) is 5.02 Å². The molecule has 98 valence electrons. The van der Waals surface area contributed by atoms with Crippen molar-refractivity contribution in [2.75, 3.05) is 0 Å². The molecule has 1 aliphatic carbocycles. The Morgan fingerprint density at radius 3 is 2.72 bits per heavy atom. The van der Waals surface area contributed by atoms with Gasteiger partial charge in [0.15, 0.2) is 0 Å². The summed E-state index contributed by atoms with van der Waals surface area (Å²) in [6.07, 6.45) is 3.85. The fourth-order valence-corrected chi connectivity index (χ4v) is 3.32. The summed E-state index contributed by atoms with van der Waals surface area (Å²) in [5.41, 5.74) is 1.00. The van der Waals surface area contributed by atoms with Crippen molar-refractivity contribution in [3.8, 4) is 0 Å². The summed E-state index contributed by atoms with van der Waals surface area (Å²) >= 11 is 6.23. The summed E-state index contributed by atoms with van der Waals surface area (Å²) in [4.78, 5) is 11.4. The van der Waals surface area contributed by atoms with Crippen LogP contribution >= 0.6 is 11.6 Å². The third kappa shape index (κ3) is 2.69. The maximum atomic E-state index is 11.4. The molecule has 0 saturated heterocycles. The first-order chi connectivity index (χ1) is 8.63. The van der Waals surface area contributed by atoms with Gasteiger partial charge in [0.2, 0.25) is 0 Å². The highest BCUT2D eigenvalue weighted by atomic mass is 35.5. The van der Waals surface area contributed by atoms with Gasteiger partial charge in [0.05, 0.1) is 5.92 Å². The fraction of sp³-hybridized carbons (Fsp3) is 0.533. The van der Waals surface area contributed by atoms with Gasteiger partial charge in [-0.2, -0.15) is 0 Å². The van der Waals surface area contributed by atoms with Gasteiger partial charge in [0, 0.05) is 5.02 Å². The molecule has 0 amide bonds. The zero-order valence-corrected chi connectivity index (χ0v) is 11.4. The zero-order chi connectivity index (χ0) is 13.1. The standard InChI is InChI=1S/C15H19ClO2/c1-2-10-7-8-12(15(17)18)13(9-10)11-5-3-4-6-14(11)16/h3-6,10,12-13H,2,7-9H2,1H3,(H,17,18). The van der Waals surface area contributed by atoms with E-state index in [4.69, 9.17) is 11.6 Å². The Bertz CT molecular complexity index is 430. The van der Waals surface area contributed by atoms with Crippen LogP contribution in [0.3, 0.4) is 0 Å². The molecule has 2 rings (SSSR count). The molecular formula is C15H19ClO2. The number of halogens is 1. The Balaban J connectivity index is 2.30. The predicted octanol–water partition coefficient (Wildman–Crippen LogP) is 4.33. The van der Waals surface area contributed by atoms with E-state index in [-0.39, 0.29) is 11.8 Å². The SMILES string of the molecule is CCC1CCC(C(=O)O)C(c2ccccc2Cl)C1. The van der Waals surface area contributed by atoms with E-state index in [2.05, 4.69) is 6.92 Å².